The number of benzene rings is 3. The van der Waals surface area contributed by atoms with Crippen LogP contribution in [0.3, 0.4) is 0 Å². The molecular weight excluding hydrogens is 288 g/mol. The topological polar surface area (TPSA) is 38.7 Å². The molecule has 1 heterocycles. The largest absolute Gasteiger partial charge is 0.497 e. The molecule has 1 N–H and O–H groups in total. The second kappa shape index (κ2) is 5.14. The van der Waals surface area contributed by atoms with E-state index in [1.165, 1.54) is 0 Å². The monoisotopic (exact) mass is 304 g/mol. The number of hydrogen-bond donors (Lipinski definition) is 1. The summed E-state index contributed by atoms with van der Waals surface area (Å²) in [5.41, 5.74) is 1.01. The van der Waals surface area contributed by atoms with Crippen LogP contribution in [-0.2, 0) is 5.60 Å². The highest BCUT2D eigenvalue weighted by atomic mass is 16.5. The second-order valence-electron chi connectivity index (χ2n) is 5.54. The summed E-state index contributed by atoms with van der Waals surface area (Å²) in [6.07, 6.45) is 0. The molecule has 1 unspecified atom stereocenters. The summed E-state index contributed by atoms with van der Waals surface area (Å²) in [7, 11) is 1.61. The van der Waals surface area contributed by atoms with E-state index in [4.69, 9.17) is 9.47 Å². The maximum Gasteiger partial charge on any atom is 0.147 e. The highest BCUT2D eigenvalue weighted by molar-refractivity contribution is 5.61. The number of ether oxygens (including phenoxy) is 2. The van der Waals surface area contributed by atoms with Crippen molar-refractivity contribution < 1.29 is 14.6 Å². The first-order chi connectivity index (χ1) is 11.2. The van der Waals surface area contributed by atoms with Crippen LogP contribution in [0.15, 0.2) is 72.8 Å². The van der Waals surface area contributed by atoms with Gasteiger partial charge in [-0.05, 0) is 23.8 Å². The molecule has 0 aliphatic carbocycles. The highest BCUT2D eigenvalue weighted by Gasteiger charge is 2.42. The average molecular weight is 304 g/mol. The summed E-state index contributed by atoms with van der Waals surface area (Å²) < 4.78 is 11.3. The van der Waals surface area contributed by atoms with Crippen molar-refractivity contribution in [3.8, 4) is 17.2 Å². The third-order valence-electron chi connectivity index (χ3n) is 4.27. The van der Waals surface area contributed by atoms with Crippen LogP contribution in [0, 0.1) is 0 Å². The van der Waals surface area contributed by atoms with E-state index in [1.54, 1.807) is 13.2 Å². The molecule has 0 saturated carbocycles. The lowest BCUT2D eigenvalue weighted by Crippen LogP contribution is -2.32. The molecule has 1 atom stereocenters. The molecule has 0 saturated heterocycles. The maximum absolute atomic E-state index is 11.7. The Bertz CT molecular complexity index is 858. The molecule has 1 aliphatic heterocycles. The minimum absolute atomic E-state index is 0.606. The highest BCUT2D eigenvalue weighted by Crippen LogP contribution is 2.50. The van der Waals surface area contributed by atoms with E-state index in [-0.39, 0.29) is 0 Å². The molecule has 0 aromatic heterocycles. The summed E-state index contributed by atoms with van der Waals surface area (Å²) >= 11 is 0. The number of hydrogen-bond acceptors (Lipinski definition) is 3. The van der Waals surface area contributed by atoms with E-state index in [2.05, 4.69) is 0 Å². The first kappa shape index (κ1) is 13.9. The Hall–Kier alpha value is -2.78. The third kappa shape index (κ3) is 2.01. The standard InChI is InChI=1S/C20H16O3/c1-22-15-11-12-17-19(13-15)23-18-10-6-5-9-16(18)20(17,21)14-7-3-2-4-8-14/h2-13,21H,1H3. The van der Waals surface area contributed by atoms with Gasteiger partial charge in [-0.3, -0.25) is 0 Å². The predicted molar refractivity (Wildman–Crippen MR) is 88.1 cm³/mol. The summed E-state index contributed by atoms with van der Waals surface area (Å²) in [6.45, 7) is 0. The van der Waals surface area contributed by atoms with Gasteiger partial charge in [0.15, 0.2) is 0 Å². The molecule has 3 aromatic carbocycles. The Morgan fingerprint density at radius 3 is 2.30 bits per heavy atom. The zero-order chi connectivity index (χ0) is 15.9. The van der Waals surface area contributed by atoms with Crippen molar-refractivity contribution in [2.24, 2.45) is 0 Å². The van der Waals surface area contributed by atoms with Gasteiger partial charge in [0.25, 0.3) is 0 Å². The molecule has 4 rings (SSSR count). The van der Waals surface area contributed by atoms with Gasteiger partial charge in [-0.15, -0.1) is 0 Å². The van der Waals surface area contributed by atoms with Crippen molar-refractivity contribution in [3.63, 3.8) is 0 Å². The van der Waals surface area contributed by atoms with Crippen LogP contribution in [0.25, 0.3) is 0 Å². The molecule has 3 heteroatoms. The number of fused-ring (bicyclic) bond motifs is 2. The zero-order valence-electron chi connectivity index (χ0n) is 12.7. The van der Waals surface area contributed by atoms with Gasteiger partial charge < -0.3 is 14.6 Å². The van der Waals surface area contributed by atoms with Gasteiger partial charge in [0.05, 0.1) is 7.11 Å². The summed E-state index contributed by atoms with van der Waals surface area (Å²) in [4.78, 5) is 0. The van der Waals surface area contributed by atoms with Crippen LogP contribution in [-0.4, -0.2) is 12.2 Å². The van der Waals surface area contributed by atoms with Gasteiger partial charge in [-0.1, -0.05) is 48.5 Å². The Morgan fingerprint density at radius 2 is 1.52 bits per heavy atom. The van der Waals surface area contributed by atoms with E-state index in [1.807, 2.05) is 66.7 Å². The zero-order valence-corrected chi connectivity index (χ0v) is 12.7. The Labute approximate surface area is 134 Å². The first-order valence-corrected chi connectivity index (χ1v) is 7.47. The van der Waals surface area contributed by atoms with Crippen LogP contribution in [0.1, 0.15) is 16.7 Å². The molecule has 114 valence electrons. The molecule has 0 fully saturated rings. The van der Waals surface area contributed by atoms with Crippen LogP contribution in [0.2, 0.25) is 0 Å². The van der Waals surface area contributed by atoms with Gasteiger partial charge in [-0.25, -0.2) is 0 Å². The van der Waals surface area contributed by atoms with Crippen molar-refractivity contribution in [2.45, 2.75) is 5.60 Å². The fourth-order valence-electron chi connectivity index (χ4n) is 3.12. The van der Waals surface area contributed by atoms with Gasteiger partial charge in [0.1, 0.15) is 22.8 Å². The molecular formula is C20H16O3. The number of para-hydroxylation sites is 1. The van der Waals surface area contributed by atoms with E-state index in [9.17, 15) is 5.11 Å². The lowest BCUT2D eigenvalue weighted by molar-refractivity contribution is 0.112. The molecule has 3 nitrogen and oxygen atoms in total. The van der Waals surface area contributed by atoms with Gasteiger partial charge in [0, 0.05) is 17.2 Å². The SMILES string of the molecule is COc1ccc2c(c1)Oc1ccccc1C2(O)c1ccccc1. The normalized spacial score (nSPS) is 18.5. The second-order valence-corrected chi connectivity index (χ2v) is 5.54. The quantitative estimate of drug-likeness (QED) is 0.775. The van der Waals surface area contributed by atoms with Gasteiger partial charge >= 0.3 is 0 Å². The van der Waals surface area contributed by atoms with E-state index >= 15 is 0 Å². The van der Waals surface area contributed by atoms with Gasteiger partial charge in [-0.2, -0.15) is 0 Å². The molecule has 0 spiro atoms. The summed E-state index contributed by atoms with van der Waals surface area (Å²) in [5, 5.41) is 11.7. The van der Waals surface area contributed by atoms with Crippen LogP contribution < -0.4 is 9.47 Å². The lowest BCUT2D eigenvalue weighted by Gasteiger charge is -2.36. The van der Waals surface area contributed by atoms with Crippen molar-refractivity contribution in [1.29, 1.82) is 0 Å². The summed E-state index contributed by atoms with van der Waals surface area (Å²) in [5.74, 6) is 1.95. The molecule has 23 heavy (non-hydrogen) atoms. The number of rotatable bonds is 2. The number of aliphatic hydroxyl groups is 1. The minimum Gasteiger partial charge on any atom is -0.497 e. The van der Waals surface area contributed by atoms with Gasteiger partial charge in [0.2, 0.25) is 0 Å². The fraction of sp³-hybridized carbons (Fsp3) is 0.100. The molecule has 1 aliphatic rings. The Balaban J connectivity index is 2.02. The maximum atomic E-state index is 11.7. The lowest BCUT2D eigenvalue weighted by atomic mass is 9.78. The Kier molecular flexibility index (Phi) is 3.10. The van der Waals surface area contributed by atoms with Crippen molar-refractivity contribution in [2.75, 3.05) is 7.11 Å². The Morgan fingerprint density at radius 1 is 0.826 bits per heavy atom. The van der Waals surface area contributed by atoms with E-state index < -0.39 is 5.60 Å². The number of methoxy groups -OCH3 is 1. The molecule has 0 amide bonds. The summed E-state index contributed by atoms with van der Waals surface area (Å²) in [6, 6.07) is 22.7. The van der Waals surface area contributed by atoms with Crippen LogP contribution in [0.5, 0.6) is 17.2 Å². The smallest absolute Gasteiger partial charge is 0.147 e. The van der Waals surface area contributed by atoms with Crippen molar-refractivity contribution in [3.05, 3.63) is 89.5 Å². The molecule has 0 bridgehead atoms. The third-order valence-corrected chi connectivity index (χ3v) is 4.27. The first-order valence-electron chi connectivity index (χ1n) is 7.47. The molecule has 0 radical (unpaired) electrons. The molecule has 3 aromatic rings. The van der Waals surface area contributed by atoms with Crippen LogP contribution in [0.4, 0.5) is 0 Å². The predicted octanol–water partition coefficient (Wildman–Crippen LogP) is 4.09. The van der Waals surface area contributed by atoms with Crippen molar-refractivity contribution >= 4 is 0 Å². The van der Waals surface area contributed by atoms with E-state index in [0.29, 0.717) is 22.8 Å². The minimum atomic E-state index is -1.25. The van der Waals surface area contributed by atoms with Crippen molar-refractivity contribution in [1.82, 2.24) is 0 Å². The fourth-order valence-corrected chi connectivity index (χ4v) is 3.12. The van der Waals surface area contributed by atoms with Crippen LogP contribution >= 0.6 is 0 Å². The van der Waals surface area contributed by atoms with E-state index in [0.717, 1.165) is 11.1 Å². The average Bonchev–Trinajstić information content (AvgIpc) is 2.62.